The van der Waals surface area contributed by atoms with Gasteiger partial charge in [0.2, 0.25) is 0 Å². The van der Waals surface area contributed by atoms with Crippen molar-refractivity contribution in [3.63, 3.8) is 0 Å². The fourth-order valence-electron chi connectivity index (χ4n) is 1.58. The summed E-state index contributed by atoms with van der Waals surface area (Å²) in [5, 5.41) is 6.81. The number of ether oxygens (including phenoxy) is 1. The Morgan fingerprint density at radius 2 is 2.00 bits per heavy atom. The van der Waals surface area contributed by atoms with Gasteiger partial charge in [0.15, 0.2) is 0 Å². The fourth-order valence-corrected chi connectivity index (χ4v) is 1.76. The van der Waals surface area contributed by atoms with Crippen LogP contribution in [0.2, 0.25) is 0 Å². The number of hydrogen-bond acceptors (Lipinski definition) is 3. The maximum atomic E-state index is 8.39. The highest BCUT2D eigenvalue weighted by atomic mass is 32.1. The third-order valence-electron chi connectivity index (χ3n) is 2.46. The molecule has 20 heavy (non-hydrogen) atoms. The zero-order valence-electron chi connectivity index (χ0n) is 10.6. The van der Waals surface area contributed by atoms with Crippen LogP contribution in [0.3, 0.4) is 0 Å². The van der Waals surface area contributed by atoms with Gasteiger partial charge in [-0.2, -0.15) is 0 Å². The monoisotopic (exact) mass is 284 g/mol. The van der Waals surface area contributed by atoms with Crippen LogP contribution in [0.25, 0.3) is 10.4 Å². The number of anilines is 1. The summed E-state index contributed by atoms with van der Waals surface area (Å²) in [6.07, 6.45) is 0. The van der Waals surface area contributed by atoms with Crippen LogP contribution in [0.5, 0.6) is 0 Å². The van der Waals surface area contributed by atoms with Crippen molar-refractivity contribution in [1.82, 2.24) is 0 Å². The maximum Gasteiger partial charge on any atom is 0.261 e. The van der Waals surface area contributed by atoms with Crippen LogP contribution >= 0.6 is 12.2 Å². The highest BCUT2D eigenvalue weighted by Crippen LogP contribution is 2.15. The lowest BCUT2D eigenvalue weighted by molar-refractivity contribution is 0.300. The molecule has 5 nitrogen and oxygen atoms in total. The SMILES string of the molecule is [N-]=[N+]=Nc1cccc(COC(=S)Nc2ccccc2)c1. The number of thiocarbonyl (C=S) groups is 1. The summed E-state index contributed by atoms with van der Waals surface area (Å²) in [5.41, 5.74) is 10.7. The molecule has 0 bridgehead atoms. The molecular weight excluding hydrogens is 272 g/mol. The Balaban J connectivity index is 1.90. The Morgan fingerprint density at radius 3 is 2.75 bits per heavy atom. The number of rotatable bonds is 4. The first kappa shape index (κ1) is 13.9. The minimum Gasteiger partial charge on any atom is -0.466 e. The van der Waals surface area contributed by atoms with E-state index in [0.717, 1.165) is 11.3 Å². The van der Waals surface area contributed by atoms with Gasteiger partial charge in [-0.15, -0.1) is 0 Å². The molecule has 2 rings (SSSR count). The minimum atomic E-state index is 0.297. The minimum absolute atomic E-state index is 0.297. The molecule has 0 saturated carbocycles. The van der Waals surface area contributed by atoms with Crippen molar-refractivity contribution in [3.05, 3.63) is 70.6 Å². The van der Waals surface area contributed by atoms with E-state index in [0.29, 0.717) is 17.5 Å². The van der Waals surface area contributed by atoms with E-state index < -0.39 is 0 Å². The third-order valence-corrected chi connectivity index (χ3v) is 2.68. The van der Waals surface area contributed by atoms with Crippen LogP contribution in [-0.4, -0.2) is 5.17 Å². The standard InChI is InChI=1S/C14H12N4OS/c15-18-17-13-8-4-5-11(9-13)10-19-14(20)16-12-6-2-1-3-7-12/h1-9H,10H2,(H,16,20). The molecule has 0 unspecified atom stereocenters. The molecule has 0 heterocycles. The molecule has 1 N–H and O–H groups in total. The van der Waals surface area contributed by atoms with Gasteiger partial charge < -0.3 is 10.1 Å². The van der Waals surface area contributed by atoms with E-state index in [9.17, 15) is 0 Å². The van der Waals surface area contributed by atoms with Crippen LogP contribution in [0.1, 0.15) is 5.56 Å². The van der Waals surface area contributed by atoms with Gasteiger partial charge in [-0.05, 0) is 41.5 Å². The van der Waals surface area contributed by atoms with Gasteiger partial charge >= 0.3 is 0 Å². The number of benzene rings is 2. The Morgan fingerprint density at radius 1 is 1.20 bits per heavy atom. The summed E-state index contributed by atoms with van der Waals surface area (Å²) in [6, 6.07) is 16.7. The third kappa shape index (κ3) is 4.28. The molecule has 0 atom stereocenters. The van der Waals surface area contributed by atoms with Crippen LogP contribution in [0.15, 0.2) is 59.7 Å². The first-order chi connectivity index (χ1) is 9.78. The second-order valence-corrected chi connectivity index (χ2v) is 4.30. The molecule has 0 fully saturated rings. The average molecular weight is 284 g/mol. The second kappa shape index (κ2) is 7.13. The van der Waals surface area contributed by atoms with Crippen LogP contribution in [0, 0.1) is 0 Å². The topological polar surface area (TPSA) is 70.0 Å². The van der Waals surface area contributed by atoms with Crippen molar-refractivity contribution >= 4 is 28.8 Å². The number of nitrogens with zero attached hydrogens (tertiary/aromatic N) is 3. The smallest absolute Gasteiger partial charge is 0.261 e. The van der Waals surface area contributed by atoms with Crippen molar-refractivity contribution in [2.75, 3.05) is 5.32 Å². The normalized spacial score (nSPS) is 9.40. The van der Waals surface area contributed by atoms with Gasteiger partial charge in [0, 0.05) is 16.3 Å². The second-order valence-electron chi connectivity index (χ2n) is 3.93. The van der Waals surface area contributed by atoms with Gasteiger partial charge in [-0.1, -0.05) is 41.5 Å². The molecule has 0 spiro atoms. The molecule has 2 aromatic rings. The van der Waals surface area contributed by atoms with Crippen molar-refractivity contribution in [2.24, 2.45) is 5.11 Å². The summed E-state index contributed by atoms with van der Waals surface area (Å²) in [4.78, 5) is 2.74. The Labute approximate surface area is 121 Å². The van der Waals surface area contributed by atoms with Crippen molar-refractivity contribution < 1.29 is 4.74 Å². The van der Waals surface area contributed by atoms with Crippen molar-refractivity contribution in [1.29, 1.82) is 0 Å². The molecule has 0 amide bonds. The maximum absolute atomic E-state index is 8.39. The van der Waals surface area contributed by atoms with E-state index in [1.807, 2.05) is 36.4 Å². The summed E-state index contributed by atoms with van der Waals surface area (Å²) < 4.78 is 5.45. The molecule has 0 radical (unpaired) electrons. The zero-order chi connectivity index (χ0) is 14.2. The molecule has 6 heteroatoms. The lowest BCUT2D eigenvalue weighted by Crippen LogP contribution is -2.12. The Kier molecular flexibility index (Phi) is 4.94. The highest BCUT2D eigenvalue weighted by molar-refractivity contribution is 7.80. The Bertz CT molecular complexity index is 639. The van der Waals surface area contributed by atoms with E-state index in [4.69, 9.17) is 22.5 Å². The van der Waals surface area contributed by atoms with E-state index in [-0.39, 0.29) is 0 Å². The van der Waals surface area contributed by atoms with Crippen molar-refractivity contribution in [2.45, 2.75) is 6.61 Å². The van der Waals surface area contributed by atoms with E-state index >= 15 is 0 Å². The average Bonchev–Trinajstić information content (AvgIpc) is 2.47. The summed E-state index contributed by atoms with van der Waals surface area (Å²) >= 11 is 5.10. The largest absolute Gasteiger partial charge is 0.466 e. The highest BCUT2D eigenvalue weighted by Gasteiger charge is 2.00. The van der Waals surface area contributed by atoms with E-state index in [1.165, 1.54) is 0 Å². The first-order valence-electron chi connectivity index (χ1n) is 5.91. The number of hydrogen-bond donors (Lipinski definition) is 1. The molecule has 0 aliphatic heterocycles. The number of nitrogens with one attached hydrogen (secondary N) is 1. The predicted molar refractivity (Wildman–Crippen MR) is 82.7 cm³/mol. The lowest BCUT2D eigenvalue weighted by atomic mass is 10.2. The molecule has 0 saturated heterocycles. The van der Waals surface area contributed by atoms with Gasteiger partial charge in [0.1, 0.15) is 6.61 Å². The van der Waals surface area contributed by atoms with Crippen LogP contribution < -0.4 is 5.32 Å². The van der Waals surface area contributed by atoms with Crippen molar-refractivity contribution in [3.8, 4) is 0 Å². The van der Waals surface area contributed by atoms with Gasteiger partial charge in [0.25, 0.3) is 5.17 Å². The molecule has 0 aromatic heterocycles. The van der Waals surface area contributed by atoms with E-state index in [2.05, 4.69) is 15.3 Å². The summed E-state index contributed by atoms with van der Waals surface area (Å²) in [5.74, 6) is 0. The lowest BCUT2D eigenvalue weighted by Gasteiger charge is -2.10. The number of para-hydroxylation sites is 1. The van der Waals surface area contributed by atoms with Gasteiger partial charge in [-0.3, -0.25) is 0 Å². The number of azide groups is 1. The zero-order valence-corrected chi connectivity index (χ0v) is 11.4. The summed E-state index contributed by atoms with van der Waals surface area (Å²) in [7, 11) is 0. The van der Waals surface area contributed by atoms with E-state index in [1.54, 1.807) is 18.2 Å². The van der Waals surface area contributed by atoms with Crippen LogP contribution in [0.4, 0.5) is 11.4 Å². The molecule has 0 aliphatic carbocycles. The Hall–Kier alpha value is -2.56. The van der Waals surface area contributed by atoms with Gasteiger partial charge in [0.05, 0.1) is 0 Å². The quantitative estimate of drug-likeness (QED) is 0.388. The van der Waals surface area contributed by atoms with Gasteiger partial charge in [-0.25, -0.2) is 0 Å². The molecular formula is C14H12N4OS. The predicted octanol–water partition coefficient (Wildman–Crippen LogP) is 4.54. The molecule has 0 aliphatic rings. The summed E-state index contributed by atoms with van der Waals surface area (Å²) in [6.45, 7) is 0.313. The first-order valence-corrected chi connectivity index (χ1v) is 6.31. The fraction of sp³-hybridized carbons (Fsp3) is 0.0714. The molecule has 100 valence electrons. The molecule has 2 aromatic carbocycles. The van der Waals surface area contributed by atoms with Crippen LogP contribution in [-0.2, 0) is 11.3 Å².